The zero-order chi connectivity index (χ0) is 13.0. The van der Waals surface area contributed by atoms with Gasteiger partial charge in [0.2, 0.25) is 0 Å². The lowest BCUT2D eigenvalue weighted by atomic mass is 9.95. The van der Waals surface area contributed by atoms with Crippen LogP contribution in [0.15, 0.2) is 0 Å². The van der Waals surface area contributed by atoms with Crippen LogP contribution in [0.3, 0.4) is 0 Å². The van der Waals surface area contributed by atoms with Crippen LogP contribution in [0.1, 0.15) is 74.6 Å². The number of aldehydes is 1. The number of hydrogen-bond acceptors (Lipinski definition) is 3. The Labute approximate surface area is 109 Å². The molecule has 1 aromatic heterocycles. The second-order valence-corrected chi connectivity index (χ2v) is 5.71. The smallest absolute Gasteiger partial charge is 0.172 e. The van der Waals surface area contributed by atoms with E-state index in [1.165, 1.54) is 32.1 Å². The molecular formula is C14H23N3O. The van der Waals surface area contributed by atoms with Crippen LogP contribution < -0.4 is 0 Å². The van der Waals surface area contributed by atoms with E-state index >= 15 is 0 Å². The molecule has 4 nitrogen and oxygen atoms in total. The van der Waals surface area contributed by atoms with Crippen molar-refractivity contribution < 1.29 is 4.79 Å². The van der Waals surface area contributed by atoms with Crippen molar-refractivity contribution in [2.45, 2.75) is 64.8 Å². The molecule has 1 fully saturated rings. The second-order valence-electron chi connectivity index (χ2n) is 5.71. The monoisotopic (exact) mass is 249 g/mol. The Hall–Kier alpha value is -1.19. The minimum absolute atomic E-state index is 0.460. The van der Waals surface area contributed by atoms with E-state index in [1.54, 1.807) is 0 Å². The predicted octanol–water partition coefficient (Wildman–Crippen LogP) is 3.18. The van der Waals surface area contributed by atoms with E-state index in [2.05, 4.69) is 24.2 Å². The average molecular weight is 249 g/mol. The fourth-order valence-electron chi connectivity index (χ4n) is 2.70. The highest BCUT2D eigenvalue weighted by atomic mass is 16.1. The lowest BCUT2D eigenvalue weighted by Gasteiger charge is -2.23. The number of rotatable bonds is 5. The second kappa shape index (κ2) is 6.12. The normalized spacial score (nSPS) is 17.3. The van der Waals surface area contributed by atoms with Gasteiger partial charge in [-0.15, -0.1) is 5.10 Å². The van der Waals surface area contributed by atoms with E-state index in [0.29, 0.717) is 17.7 Å². The standard InChI is InChI=1S/C14H23N3O/c1-11(2)8-9-14-13(10-18)15-16-17(14)12-6-4-3-5-7-12/h10-12H,3-9H2,1-2H3. The number of nitrogens with zero attached hydrogens (tertiary/aromatic N) is 3. The lowest BCUT2D eigenvalue weighted by molar-refractivity contribution is 0.111. The van der Waals surface area contributed by atoms with Gasteiger partial charge in [0.15, 0.2) is 6.29 Å². The summed E-state index contributed by atoms with van der Waals surface area (Å²) in [6, 6.07) is 0.460. The molecule has 0 spiro atoms. The number of hydrogen-bond donors (Lipinski definition) is 0. The molecule has 0 N–H and O–H groups in total. The number of carbonyl (C=O) groups excluding carboxylic acids is 1. The summed E-state index contributed by atoms with van der Waals surface area (Å²) in [5, 5.41) is 8.26. The Bertz CT molecular complexity index is 392. The van der Waals surface area contributed by atoms with E-state index in [1.807, 2.05) is 4.68 Å². The third-order valence-corrected chi connectivity index (χ3v) is 3.81. The first-order valence-corrected chi connectivity index (χ1v) is 7.11. The Balaban J connectivity index is 2.17. The quantitative estimate of drug-likeness (QED) is 0.753. The Morgan fingerprint density at radius 2 is 2.06 bits per heavy atom. The van der Waals surface area contributed by atoms with Gasteiger partial charge < -0.3 is 0 Å². The molecule has 18 heavy (non-hydrogen) atoms. The van der Waals surface area contributed by atoms with Crippen LogP contribution in [-0.4, -0.2) is 21.3 Å². The van der Waals surface area contributed by atoms with Gasteiger partial charge >= 0.3 is 0 Å². The molecule has 0 aliphatic heterocycles. The van der Waals surface area contributed by atoms with Crippen molar-refractivity contribution in [1.82, 2.24) is 15.0 Å². The molecule has 0 radical (unpaired) electrons. The molecule has 1 aliphatic rings. The summed E-state index contributed by atoms with van der Waals surface area (Å²) < 4.78 is 2.03. The Kier molecular flexibility index (Phi) is 4.50. The molecule has 0 unspecified atom stereocenters. The Morgan fingerprint density at radius 1 is 1.33 bits per heavy atom. The summed E-state index contributed by atoms with van der Waals surface area (Å²) in [7, 11) is 0. The number of carbonyl (C=O) groups is 1. The SMILES string of the molecule is CC(C)CCc1c(C=O)nnn1C1CCCCC1. The fraction of sp³-hybridized carbons (Fsp3) is 0.786. The van der Waals surface area contributed by atoms with Gasteiger partial charge in [-0.3, -0.25) is 4.79 Å². The topological polar surface area (TPSA) is 47.8 Å². The maximum atomic E-state index is 11.1. The largest absolute Gasteiger partial charge is 0.296 e. The van der Waals surface area contributed by atoms with Crippen molar-refractivity contribution in [1.29, 1.82) is 0 Å². The van der Waals surface area contributed by atoms with E-state index in [-0.39, 0.29) is 0 Å². The highest BCUT2D eigenvalue weighted by Gasteiger charge is 2.21. The minimum atomic E-state index is 0.460. The molecule has 0 amide bonds. The van der Waals surface area contributed by atoms with E-state index in [9.17, 15) is 4.79 Å². The molecule has 100 valence electrons. The lowest BCUT2D eigenvalue weighted by Crippen LogP contribution is -2.17. The molecule has 0 aromatic carbocycles. The van der Waals surface area contributed by atoms with Crippen molar-refractivity contribution in [2.75, 3.05) is 0 Å². The van der Waals surface area contributed by atoms with E-state index in [0.717, 1.165) is 24.8 Å². The van der Waals surface area contributed by atoms with Crippen LogP contribution >= 0.6 is 0 Å². The van der Waals surface area contributed by atoms with Crippen molar-refractivity contribution in [3.8, 4) is 0 Å². The van der Waals surface area contributed by atoms with Crippen LogP contribution in [0.5, 0.6) is 0 Å². The molecular weight excluding hydrogens is 226 g/mol. The summed E-state index contributed by atoms with van der Waals surface area (Å²) in [6.07, 6.45) is 9.06. The fourth-order valence-corrected chi connectivity index (χ4v) is 2.70. The summed E-state index contributed by atoms with van der Waals surface area (Å²) in [6.45, 7) is 4.41. The van der Waals surface area contributed by atoms with Crippen LogP contribution in [-0.2, 0) is 6.42 Å². The average Bonchev–Trinajstić information content (AvgIpc) is 2.80. The molecule has 0 atom stereocenters. The number of aromatic nitrogens is 3. The molecule has 2 rings (SSSR count). The molecule has 1 aromatic rings. The van der Waals surface area contributed by atoms with Gasteiger partial charge in [0.1, 0.15) is 5.69 Å². The van der Waals surface area contributed by atoms with Crippen molar-refractivity contribution in [3.05, 3.63) is 11.4 Å². The molecule has 1 heterocycles. The van der Waals surface area contributed by atoms with Gasteiger partial charge in [-0.25, -0.2) is 4.68 Å². The van der Waals surface area contributed by atoms with Crippen LogP contribution in [0.2, 0.25) is 0 Å². The van der Waals surface area contributed by atoms with Gasteiger partial charge in [0, 0.05) is 0 Å². The predicted molar refractivity (Wildman–Crippen MR) is 70.7 cm³/mol. The summed E-state index contributed by atoms with van der Waals surface area (Å²) in [5.74, 6) is 0.638. The van der Waals surface area contributed by atoms with E-state index in [4.69, 9.17) is 0 Å². The summed E-state index contributed by atoms with van der Waals surface area (Å²) >= 11 is 0. The first kappa shape index (κ1) is 13.2. The van der Waals surface area contributed by atoms with Crippen molar-refractivity contribution in [2.24, 2.45) is 5.92 Å². The third kappa shape index (κ3) is 2.98. The van der Waals surface area contributed by atoms with Gasteiger partial charge in [0.25, 0.3) is 0 Å². The summed E-state index contributed by atoms with van der Waals surface area (Å²) in [5.41, 5.74) is 1.59. The molecule has 4 heteroatoms. The van der Waals surface area contributed by atoms with Gasteiger partial charge in [-0.05, 0) is 31.6 Å². The maximum absolute atomic E-state index is 11.1. The van der Waals surface area contributed by atoms with E-state index < -0.39 is 0 Å². The van der Waals surface area contributed by atoms with Crippen LogP contribution in [0, 0.1) is 5.92 Å². The van der Waals surface area contributed by atoms with Crippen LogP contribution in [0.4, 0.5) is 0 Å². The van der Waals surface area contributed by atoms with Crippen molar-refractivity contribution >= 4 is 6.29 Å². The first-order valence-electron chi connectivity index (χ1n) is 7.11. The minimum Gasteiger partial charge on any atom is -0.296 e. The van der Waals surface area contributed by atoms with Gasteiger partial charge in [-0.2, -0.15) is 0 Å². The highest BCUT2D eigenvalue weighted by Crippen LogP contribution is 2.29. The third-order valence-electron chi connectivity index (χ3n) is 3.81. The molecule has 0 bridgehead atoms. The first-order chi connectivity index (χ1) is 8.72. The summed E-state index contributed by atoms with van der Waals surface area (Å²) in [4.78, 5) is 11.1. The molecule has 0 saturated heterocycles. The zero-order valence-corrected chi connectivity index (χ0v) is 11.4. The van der Waals surface area contributed by atoms with Crippen molar-refractivity contribution in [3.63, 3.8) is 0 Å². The van der Waals surface area contributed by atoms with Gasteiger partial charge in [0.05, 0.1) is 11.7 Å². The molecule has 1 saturated carbocycles. The Morgan fingerprint density at radius 3 is 2.67 bits per heavy atom. The van der Waals surface area contributed by atoms with Gasteiger partial charge in [-0.1, -0.05) is 38.3 Å². The molecule has 1 aliphatic carbocycles. The maximum Gasteiger partial charge on any atom is 0.172 e. The zero-order valence-electron chi connectivity index (χ0n) is 11.4. The van der Waals surface area contributed by atoms with Crippen LogP contribution in [0.25, 0.3) is 0 Å². The highest BCUT2D eigenvalue weighted by molar-refractivity contribution is 5.73.